The van der Waals surface area contributed by atoms with Crippen LogP contribution in [0.25, 0.3) is 0 Å². The average molecular weight is 695 g/mol. The minimum Gasteiger partial charge on any atom is -0.619 e. The first-order valence-corrected chi connectivity index (χ1v) is 16.6. The number of alkyl halides is 2. The molecule has 1 saturated carbocycles. The van der Waals surface area contributed by atoms with Crippen LogP contribution in [0.15, 0.2) is 40.0 Å². The van der Waals surface area contributed by atoms with E-state index in [1.807, 2.05) is 0 Å². The molecule has 17 heteroatoms. The van der Waals surface area contributed by atoms with Crippen molar-refractivity contribution in [2.45, 2.75) is 56.1 Å². The number of rotatable bonds is 12. The molecular formula is C27H27Cl2F2N3O8S2. The number of nitrogens with zero attached hydrogens (tertiary/aromatic N) is 3. The van der Waals surface area contributed by atoms with E-state index in [2.05, 4.69) is 9.89 Å². The Balaban J connectivity index is 1.48. The molecule has 3 heterocycles. The van der Waals surface area contributed by atoms with Gasteiger partial charge in [0.25, 0.3) is 0 Å². The van der Waals surface area contributed by atoms with Crippen LogP contribution in [-0.2, 0) is 26.0 Å². The minimum absolute atomic E-state index is 0.00531. The van der Waals surface area contributed by atoms with E-state index in [-0.39, 0.29) is 68.9 Å². The molecule has 1 unspecified atom stereocenters. The van der Waals surface area contributed by atoms with Gasteiger partial charge in [0.05, 0.1) is 6.61 Å². The number of esters is 1. The molecule has 0 bridgehead atoms. The smallest absolute Gasteiger partial charge is 0.387 e. The maximum Gasteiger partial charge on any atom is 0.387 e. The van der Waals surface area contributed by atoms with Gasteiger partial charge in [-0.1, -0.05) is 34.4 Å². The van der Waals surface area contributed by atoms with Crippen LogP contribution in [0.1, 0.15) is 41.5 Å². The van der Waals surface area contributed by atoms with Gasteiger partial charge in [0.15, 0.2) is 35.0 Å². The number of aromatic nitrogens is 2. The number of hydrogen-bond acceptors (Lipinski definition) is 10. The zero-order chi connectivity index (χ0) is 31.8. The summed E-state index contributed by atoms with van der Waals surface area (Å²) in [5.74, 6) is -0.401. The highest BCUT2D eigenvalue weighted by molar-refractivity contribution is 8.02. The lowest BCUT2D eigenvalue weighted by Crippen LogP contribution is -2.41. The van der Waals surface area contributed by atoms with E-state index in [1.165, 1.54) is 32.0 Å². The Morgan fingerprint density at radius 3 is 2.55 bits per heavy atom. The maximum atomic E-state index is 13.7. The molecule has 1 saturated heterocycles. The fourth-order valence-electron chi connectivity index (χ4n) is 4.71. The topological polar surface area (TPSA) is 135 Å². The number of halogens is 4. The van der Waals surface area contributed by atoms with E-state index >= 15 is 0 Å². The third-order valence-corrected chi connectivity index (χ3v) is 11.1. The maximum absolute atomic E-state index is 13.7. The number of pyridine rings is 1. The first-order valence-electron chi connectivity index (χ1n) is 13.4. The predicted molar refractivity (Wildman–Crippen MR) is 155 cm³/mol. The molecule has 1 aromatic carbocycles. The second kappa shape index (κ2) is 13.3. The molecule has 0 spiro atoms. The van der Waals surface area contributed by atoms with Gasteiger partial charge in [0, 0.05) is 24.3 Å². The molecule has 1 aliphatic heterocycles. The van der Waals surface area contributed by atoms with E-state index in [1.54, 1.807) is 0 Å². The molecule has 0 amide bonds. The highest BCUT2D eigenvalue weighted by atomic mass is 35.5. The summed E-state index contributed by atoms with van der Waals surface area (Å²) in [4.78, 5) is 13.6. The normalized spacial score (nSPS) is 18.0. The molecule has 2 aliphatic rings. The SMILES string of the molecule is Cc1noc(C)c1S(=O)(=O)N1CCSC1C(=O)O[C@@H](Cc1c(Cl)c[n+]([O-])cc1Cl)c1ccc(OC(F)F)c(OCC2CC2)c1. The van der Waals surface area contributed by atoms with Crippen LogP contribution in [0.3, 0.4) is 0 Å². The highest BCUT2D eigenvalue weighted by Gasteiger charge is 2.44. The Kier molecular flexibility index (Phi) is 9.80. The van der Waals surface area contributed by atoms with Crippen molar-refractivity contribution in [2.75, 3.05) is 18.9 Å². The molecule has 3 aromatic rings. The molecular weight excluding hydrogens is 667 g/mol. The van der Waals surface area contributed by atoms with Crippen molar-refractivity contribution in [3.63, 3.8) is 0 Å². The van der Waals surface area contributed by atoms with Gasteiger partial charge >= 0.3 is 12.6 Å². The van der Waals surface area contributed by atoms with Crippen LogP contribution in [0.4, 0.5) is 8.78 Å². The number of ether oxygens (including phenoxy) is 3. The van der Waals surface area contributed by atoms with Crippen molar-refractivity contribution in [3.05, 3.63) is 68.4 Å². The number of aryl methyl sites for hydroxylation is 2. The summed E-state index contributed by atoms with van der Waals surface area (Å²) in [5.41, 5.74) is 0.726. The molecule has 2 fully saturated rings. The molecule has 0 N–H and O–H groups in total. The van der Waals surface area contributed by atoms with Crippen molar-refractivity contribution in [3.8, 4) is 11.5 Å². The molecule has 1 aliphatic carbocycles. The van der Waals surface area contributed by atoms with Crippen LogP contribution >= 0.6 is 35.0 Å². The van der Waals surface area contributed by atoms with Gasteiger partial charge < -0.3 is 23.9 Å². The van der Waals surface area contributed by atoms with E-state index in [9.17, 15) is 27.2 Å². The fourth-order valence-corrected chi connectivity index (χ4v) is 8.65. The summed E-state index contributed by atoms with van der Waals surface area (Å²) in [5, 5.41) is 14.3. The van der Waals surface area contributed by atoms with Crippen molar-refractivity contribution in [1.29, 1.82) is 0 Å². The van der Waals surface area contributed by atoms with Crippen LogP contribution in [-0.4, -0.2) is 54.7 Å². The van der Waals surface area contributed by atoms with Crippen LogP contribution in [0.5, 0.6) is 11.5 Å². The average Bonchev–Trinajstić information content (AvgIpc) is 3.50. The van der Waals surface area contributed by atoms with E-state index in [0.717, 1.165) is 41.3 Å². The van der Waals surface area contributed by atoms with Crippen molar-refractivity contribution in [2.24, 2.45) is 5.92 Å². The molecule has 2 aromatic heterocycles. The van der Waals surface area contributed by atoms with Gasteiger partial charge in [-0.25, -0.2) is 13.2 Å². The first kappa shape index (κ1) is 32.5. The van der Waals surface area contributed by atoms with Gasteiger partial charge in [0.2, 0.25) is 10.0 Å². The molecule has 238 valence electrons. The van der Waals surface area contributed by atoms with Crippen LogP contribution in [0, 0.1) is 25.0 Å². The fraction of sp³-hybridized carbons (Fsp3) is 0.444. The van der Waals surface area contributed by atoms with Gasteiger partial charge in [-0.05, 0) is 50.3 Å². The quantitative estimate of drug-likeness (QED) is 0.141. The minimum atomic E-state index is -4.19. The zero-order valence-corrected chi connectivity index (χ0v) is 26.5. The lowest BCUT2D eigenvalue weighted by Gasteiger charge is -2.26. The van der Waals surface area contributed by atoms with Gasteiger partial charge in [-0.15, -0.1) is 11.8 Å². The van der Waals surface area contributed by atoms with Crippen LogP contribution in [0.2, 0.25) is 10.0 Å². The predicted octanol–water partition coefficient (Wildman–Crippen LogP) is 5.21. The summed E-state index contributed by atoms with van der Waals surface area (Å²) in [6.45, 7) is 0.145. The number of hydrogen-bond donors (Lipinski definition) is 0. The molecule has 2 atom stereocenters. The Bertz CT molecular complexity index is 1610. The lowest BCUT2D eigenvalue weighted by molar-refractivity contribution is -0.605. The summed E-state index contributed by atoms with van der Waals surface area (Å²) in [7, 11) is -4.19. The molecule has 11 nitrogen and oxygen atoms in total. The molecule has 44 heavy (non-hydrogen) atoms. The highest BCUT2D eigenvalue weighted by Crippen LogP contribution is 2.39. The summed E-state index contributed by atoms with van der Waals surface area (Å²) >= 11 is 13.7. The Morgan fingerprint density at radius 2 is 1.93 bits per heavy atom. The third-order valence-electron chi connectivity index (χ3n) is 7.02. The number of carbonyl (C=O) groups excluding carboxylic acids is 1. The standard InChI is InChI=1S/C27H27Cl2F2N3O8S2/c1-14-24(15(2)42-32-14)44(37,38)34-7-8-43-25(34)26(35)40-22(10-18-19(28)11-33(36)12-20(18)29)17-5-6-21(41-27(30)31)23(9-17)39-13-16-3-4-16/h5-6,9,11-12,16,22,25,27H,3-4,7-8,10,13H2,1-2H3/t22-,25?/m0/s1. The second-order valence-electron chi connectivity index (χ2n) is 10.3. The first-order chi connectivity index (χ1) is 20.8. The van der Waals surface area contributed by atoms with E-state index in [4.69, 9.17) is 37.2 Å². The Morgan fingerprint density at radius 1 is 1.23 bits per heavy atom. The Hall–Kier alpha value is -2.85. The number of sulfonamides is 1. The second-order valence-corrected chi connectivity index (χ2v) is 14.1. The summed E-state index contributed by atoms with van der Waals surface area (Å²) in [6.07, 6.45) is 2.75. The molecule has 0 radical (unpaired) electrons. The van der Waals surface area contributed by atoms with Crippen LogP contribution < -0.4 is 14.2 Å². The Labute approximate surface area is 266 Å². The van der Waals surface area contributed by atoms with Crippen molar-refractivity contribution < 1.29 is 45.5 Å². The number of benzene rings is 1. The molecule has 5 rings (SSSR count). The van der Waals surface area contributed by atoms with Gasteiger partial charge in [-0.2, -0.15) is 17.8 Å². The van der Waals surface area contributed by atoms with Crippen molar-refractivity contribution in [1.82, 2.24) is 9.46 Å². The summed E-state index contributed by atoms with van der Waals surface area (Å²) in [6, 6.07) is 4.10. The number of thioether (sulfide) groups is 1. The van der Waals surface area contributed by atoms with E-state index in [0.29, 0.717) is 16.0 Å². The third kappa shape index (κ3) is 7.17. The summed E-state index contributed by atoms with van der Waals surface area (Å²) < 4.78 is 76.3. The van der Waals surface area contributed by atoms with Gasteiger partial charge in [-0.3, -0.25) is 0 Å². The monoisotopic (exact) mass is 693 g/mol. The van der Waals surface area contributed by atoms with Crippen molar-refractivity contribution >= 4 is 51.0 Å². The zero-order valence-electron chi connectivity index (χ0n) is 23.4. The van der Waals surface area contributed by atoms with E-state index < -0.39 is 34.1 Å². The largest absolute Gasteiger partial charge is 0.619 e. The lowest BCUT2D eigenvalue weighted by atomic mass is 10.0. The van der Waals surface area contributed by atoms with Gasteiger partial charge in [0.1, 0.15) is 26.7 Å². The number of carbonyl (C=O) groups is 1.